The molecule has 2 rings (SSSR count). The molecule has 0 bridgehead atoms. The third kappa shape index (κ3) is 4.12. The molecule has 0 aromatic rings. The van der Waals surface area contributed by atoms with Crippen molar-refractivity contribution >= 4 is 26.5 Å². The summed E-state index contributed by atoms with van der Waals surface area (Å²) < 4.78 is 16.0. The average molecular weight is 361 g/mol. The molecule has 0 saturated carbocycles. The average Bonchev–Trinajstić information content (AvgIpc) is 2.65. The van der Waals surface area contributed by atoms with E-state index in [1.54, 1.807) is 0 Å². The van der Waals surface area contributed by atoms with Crippen molar-refractivity contribution in [3.8, 4) is 0 Å². The Morgan fingerprint density at radius 1 is 1.05 bits per heavy atom. The minimum atomic E-state index is -2.20. The molecule has 0 aliphatic carbocycles. The topological polar surface area (TPSA) is 24.9 Å². The molecule has 2 aliphatic rings. The lowest BCUT2D eigenvalue weighted by Gasteiger charge is -2.51. The third-order valence-electron chi connectivity index (χ3n) is 5.32. The summed E-state index contributed by atoms with van der Waals surface area (Å²) in [6.45, 7) is 18.3. The van der Waals surface area contributed by atoms with Crippen LogP contribution in [0.1, 0.15) is 20.8 Å². The first-order valence-electron chi connectivity index (χ1n) is 8.79. The highest BCUT2D eigenvalue weighted by atomic mass is 28.4. The van der Waals surface area contributed by atoms with Crippen molar-refractivity contribution in [2.45, 2.75) is 58.2 Å². The largest absolute Gasteiger partial charge is 0.392 e. The molecule has 0 aromatic carbocycles. The van der Waals surface area contributed by atoms with Gasteiger partial charge in [-0.05, 0) is 25.1 Å². The van der Waals surface area contributed by atoms with Crippen LogP contribution in [0.2, 0.25) is 31.7 Å². The van der Waals surface area contributed by atoms with Crippen LogP contribution in [0.5, 0.6) is 0 Å². The first kappa shape index (κ1) is 18.8. The summed E-state index contributed by atoms with van der Waals surface area (Å²) >= 11 is 0. The van der Waals surface area contributed by atoms with Crippen molar-refractivity contribution in [1.29, 1.82) is 0 Å². The van der Waals surface area contributed by atoms with Gasteiger partial charge in [-0.15, -0.1) is 0 Å². The lowest BCUT2D eigenvalue weighted by Crippen LogP contribution is -2.69. The molecule has 2 fully saturated rings. The van der Waals surface area contributed by atoms with Crippen LogP contribution in [-0.4, -0.2) is 74.6 Å². The monoisotopic (exact) mass is 360 g/mol. The zero-order valence-corrected chi connectivity index (χ0v) is 19.2. The maximum absolute atomic E-state index is 6.51. The fraction of sp³-hybridized carbons (Fsp3) is 1.00. The minimum Gasteiger partial charge on any atom is -0.392 e. The van der Waals surface area contributed by atoms with Gasteiger partial charge in [-0.3, -0.25) is 0 Å². The maximum atomic E-state index is 6.51. The molecule has 0 N–H and O–H groups in total. The third-order valence-corrected chi connectivity index (χ3v) is 18.5. The van der Waals surface area contributed by atoms with Gasteiger partial charge >= 0.3 is 8.56 Å². The van der Waals surface area contributed by atoms with Gasteiger partial charge in [0.25, 0.3) is 0 Å². The second-order valence-electron chi connectivity index (χ2n) is 8.89. The molecule has 2 heterocycles. The van der Waals surface area contributed by atoms with Gasteiger partial charge in [0, 0.05) is 32.0 Å². The Bertz CT molecular complexity index is 377. The van der Waals surface area contributed by atoms with E-state index in [4.69, 9.17) is 8.85 Å². The van der Waals surface area contributed by atoms with Crippen molar-refractivity contribution in [1.82, 2.24) is 9.13 Å². The van der Waals surface area contributed by atoms with Crippen molar-refractivity contribution in [3.05, 3.63) is 0 Å². The molecule has 0 spiro atoms. The molecule has 2 saturated heterocycles. The molecule has 1 unspecified atom stereocenters. The summed E-state index contributed by atoms with van der Waals surface area (Å²) in [4.78, 5) is 2.31. The molecule has 22 heavy (non-hydrogen) atoms. The molecular weight excluding hydrogens is 324 g/mol. The Labute approximate surface area is 141 Å². The molecule has 2 aliphatic heterocycles. The van der Waals surface area contributed by atoms with Crippen LogP contribution in [0.3, 0.4) is 0 Å². The van der Waals surface area contributed by atoms with Gasteiger partial charge in [0.15, 0.2) is 0 Å². The van der Waals surface area contributed by atoms with Crippen LogP contribution in [0, 0.1) is 5.41 Å². The first-order valence-corrected chi connectivity index (χ1v) is 16.0. The Kier molecular flexibility index (Phi) is 5.80. The molecule has 130 valence electrons. The number of rotatable bonds is 2. The smallest absolute Gasteiger partial charge is 0.352 e. The Balaban J connectivity index is 2.28. The van der Waals surface area contributed by atoms with Crippen LogP contribution in [-0.2, 0) is 8.85 Å². The highest BCUT2D eigenvalue weighted by Gasteiger charge is 2.55. The van der Waals surface area contributed by atoms with Crippen molar-refractivity contribution in [2.75, 3.05) is 33.4 Å². The number of likely N-dealkylation sites (N-methyl/N-ethyl adjacent to an activating group) is 1. The molecule has 4 nitrogen and oxygen atoms in total. The van der Waals surface area contributed by atoms with E-state index in [1.165, 1.54) is 12.1 Å². The van der Waals surface area contributed by atoms with Crippen LogP contribution in [0.4, 0.5) is 0 Å². The van der Waals surface area contributed by atoms with Gasteiger partial charge < -0.3 is 18.0 Å². The molecule has 0 aromatic heterocycles. The van der Waals surface area contributed by atoms with Crippen molar-refractivity contribution in [3.63, 3.8) is 0 Å². The second-order valence-corrected chi connectivity index (χ2v) is 19.2. The van der Waals surface area contributed by atoms with E-state index in [1.807, 2.05) is 0 Å². The summed E-state index contributed by atoms with van der Waals surface area (Å²) in [5.41, 5.74) is 0.743. The van der Waals surface area contributed by atoms with Gasteiger partial charge in [-0.2, -0.15) is 0 Å². The number of hydrogen-bond donors (Lipinski definition) is 0. The van der Waals surface area contributed by atoms with Gasteiger partial charge in [0.05, 0.1) is 9.68 Å². The van der Waals surface area contributed by atoms with E-state index >= 15 is 0 Å². The van der Waals surface area contributed by atoms with Gasteiger partial charge in [-0.1, -0.05) is 39.9 Å². The quantitative estimate of drug-likeness (QED) is 0.703. The predicted octanol–water partition coefficient (Wildman–Crippen LogP) is 2.01. The SMILES string of the molecule is CN1CCO[Si](C)(C(N2[SiH2]CC[Si]2(C)C)C(C)(C)C)OCC1. The highest BCUT2D eigenvalue weighted by molar-refractivity contribution is 6.85. The number of hydrogen-bond acceptors (Lipinski definition) is 4. The molecule has 1 atom stereocenters. The Morgan fingerprint density at radius 3 is 2.00 bits per heavy atom. The zero-order chi connectivity index (χ0) is 16.6. The fourth-order valence-corrected chi connectivity index (χ4v) is 20.9. The summed E-state index contributed by atoms with van der Waals surface area (Å²) in [7, 11) is -1.43. The lowest BCUT2D eigenvalue weighted by atomic mass is 9.97. The first-order chi connectivity index (χ1) is 10.1. The van der Waals surface area contributed by atoms with Gasteiger partial charge in [0.1, 0.15) is 8.24 Å². The van der Waals surface area contributed by atoms with E-state index in [0.717, 1.165) is 26.3 Å². The lowest BCUT2D eigenvalue weighted by molar-refractivity contribution is 0.0827. The van der Waals surface area contributed by atoms with Crippen molar-refractivity contribution < 1.29 is 8.85 Å². The molecule has 0 amide bonds. The standard InChI is InChI=1S/C15H36N2O2Si3/c1-15(2,3)14(17-20-12-13-21(17,5)6)22(7)18-10-8-16(4)9-11-19-22/h14H,8-13,20H2,1-7H3. The second kappa shape index (κ2) is 6.78. The molecule has 7 heteroatoms. The Morgan fingerprint density at radius 2 is 1.59 bits per heavy atom. The highest BCUT2D eigenvalue weighted by Crippen LogP contribution is 2.39. The van der Waals surface area contributed by atoms with Crippen molar-refractivity contribution in [2.24, 2.45) is 5.41 Å². The molecule has 0 radical (unpaired) electrons. The summed E-state index contributed by atoms with van der Waals surface area (Å²) in [5, 5.41) is 0. The Hall–Kier alpha value is 0.491. The van der Waals surface area contributed by atoms with E-state index in [2.05, 4.69) is 56.6 Å². The van der Waals surface area contributed by atoms with Gasteiger partial charge in [0.2, 0.25) is 0 Å². The number of nitrogens with zero attached hydrogens (tertiary/aromatic N) is 2. The maximum Gasteiger partial charge on any atom is 0.352 e. The van der Waals surface area contributed by atoms with E-state index in [0.29, 0.717) is 5.67 Å². The van der Waals surface area contributed by atoms with Crippen LogP contribution in [0.25, 0.3) is 0 Å². The molecular formula is C15H36N2O2Si3. The van der Waals surface area contributed by atoms with Crippen LogP contribution < -0.4 is 0 Å². The van der Waals surface area contributed by atoms with Crippen LogP contribution >= 0.6 is 0 Å². The fourth-order valence-electron chi connectivity index (χ4n) is 4.26. The van der Waals surface area contributed by atoms with E-state index in [9.17, 15) is 0 Å². The van der Waals surface area contributed by atoms with E-state index in [-0.39, 0.29) is 15.1 Å². The normalized spacial score (nSPS) is 30.1. The predicted molar refractivity (Wildman–Crippen MR) is 102 cm³/mol. The summed E-state index contributed by atoms with van der Waals surface area (Å²) in [6.07, 6.45) is 0. The van der Waals surface area contributed by atoms with Gasteiger partial charge in [-0.25, -0.2) is 0 Å². The minimum absolute atomic E-state index is 0.127. The van der Waals surface area contributed by atoms with E-state index < -0.39 is 16.8 Å². The summed E-state index contributed by atoms with van der Waals surface area (Å²) in [5.74, 6) is 0. The summed E-state index contributed by atoms with van der Waals surface area (Å²) in [6, 6.07) is 2.96. The van der Waals surface area contributed by atoms with Crippen LogP contribution in [0.15, 0.2) is 0 Å². The zero-order valence-electron chi connectivity index (χ0n) is 15.7.